The number of aliphatic hydroxyl groups is 1. The average molecular weight is 557 g/mol. The Balaban J connectivity index is 1.37. The number of benzene rings is 1. The molecular weight excluding hydrogens is 516 g/mol. The predicted octanol–water partition coefficient (Wildman–Crippen LogP) is 1.89. The van der Waals surface area contributed by atoms with Crippen LogP contribution in [0.4, 0.5) is 0 Å². The molecule has 10 nitrogen and oxygen atoms in total. The van der Waals surface area contributed by atoms with Gasteiger partial charge in [-0.3, -0.25) is 24.1 Å². The number of fused-ring (bicyclic) bond motifs is 2. The summed E-state index contributed by atoms with van der Waals surface area (Å²) in [5, 5.41) is 11.4. The van der Waals surface area contributed by atoms with Crippen LogP contribution in [-0.4, -0.2) is 95.9 Å². The summed E-state index contributed by atoms with van der Waals surface area (Å²) in [7, 11) is 0. The van der Waals surface area contributed by atoms with Crippen LogP contribution in [0.3, 0.4) is 0 Å². The van der Waals surface area contributed by atoms with Crippen molar-refractivity contribution in [3.8, 4) is 0 Å². The first-order chi connectivity index (χ1) is 19.0. The van der Waals surface area contributed by atoms with E-state index in [0.717, 1.165) is 0 Å². The van der Waals surface area contributed by atoms with Crippen LogP contribution in [0.2, 0.25) is 0 Å². The number of rotatable bonds is 5. The van der Waals surface area contributed by atoms with Gasteiger partial charge in [0.15, 0.2) is 0 Å². The van der Waals surface area contributed by atoms with Gasteiger partial charge in [0.1, 0.15) is 18.3 Å². The van der Waals surface area contributed by atoms with Gasteiger partial charge in [0.25, 0.3) is 5.91 Å². The number of carbonyl (C=O) groups excluding carboxylic acids is 4. The van der Waals surface area contributed by atoms with Gasteiger partial charge in [0.05, 0.1) is 12.0 Å². The van der Waals surface area contributed by atoms with Gasteiger partial charge in [-0.2, -0.15) is 0 Å². The molecule has 218 valence electrons. The maximum absolute atomic E-state index is 13.3. The highest BCUT2D eigenvalue weighted by Crippen LogP contribution is 2.59. The molecule has 40 heavy (non-hydrogen) atoms. The molecule has 9 atom stereocenters. The van der Waals surface area contributed by atoms with Crippen molar-refractivity contribution in [2.24, 2.45) is 29.1 Å². The van der Waals surface area contributed by atoms with E-state index in [9.17, 15) is 24.3 Å². The fourth-order valence-electron chi connectivity index (χ4n) is 7.96. The Labute approximate surface area is 234 Å². The normalized spacial score (nSPS) is 37.6. The third-order valence-electron chi connectivity index (χ3n) is 9.68. The molecule has 1 aromatic rings. The van der Waals surface area contributed by atoms with Gasteiger partial charge in [0, 0.05) is 75.8 Å². The van der Waals surface area contributed by atoms with Gasteiger partial charge in [0.2, 0.25) is 0 Å². The molecule has 1 amide bonds. The van der Waals surface area contributed by atoms with E-state index in [0.29, 0.717) is 44.7 Å². The second-order valence-corrected chi connectivity index (χ2v) is 12.2. The number of amides is 1. The Hall–Kier alpha value is -2.98. The number of aliphatic hydroxyl groups excluding tert-OH is 1. The maximum Gasteiger partial charge on any atom is 0.311 e. The summed E-state index contributed by atoms with van der Waals surface area (Å²) in [6.45, 7) is 9.30. The zero-order chi connectivity index (χ0) is 28.8. The first kappa shape index (κ1) is 28.5. The number of hydrogen-bond acceptors (Lipinski definition) is 9. The Kier molecular flexibility index (Phi) is 7.94. The molecule has 0 spiro atoms. The third-order valence-corrected chi connectivity index (χ3v) is 9.68. The predicted molar refractivity (Wildman–Crippen MR) is 143 cm³/mol. The first-order valence-electron chi connectivity index (χ1n) is 14.3. The van der Waals surface area contributed by atoms with Gasteiger partial charge in [-0.25, -0.2) is 0 Å². The molecule has 2 saturated carbocycles. The Morgan fingerprint density at radius 1 is 1.02 bits per heavy atom. The summed E-state index contributed by atoms with van der Waals surface area (Å²) in [6.07, 6.45) is -1.92. The molecule has 2 heterocycles. The Morgan fingerprint density at radius 3 is 2.30 bits per heavy atom. The fourth-order valence-corrected chi connectivity index (χ4v) is 7.96. The number of piperazine rings is 1. The first-order valence-corrected chi connectivity index (χ1v) is 14.3. The number of nitrogens with zero attached hydrogens (tertiary/aromatic N) is 2. The molecule has 10 heteroatoms. The van der Waals surface area contributed by atoms with E-state index in [1.165, 1.54) is 13.8 Å². The monoisotopic (exact) mass is 556 g/mol. The molecule has 0 radical (unpaired) electrons. The molecule has 5 rings (SSSR count). The van der Waals surface area contributed by atoms with Crippen LogP contribution in [0.25, 0.3) is 0 Å². The van der Waals surface area contributed by atoms with Crippen LogP contribution in [0.1, 0.15) is 50.9 Å². The maximum atomic E-state index is 13.3. The molecule has 0 bridgehead atoms. The molecule has 2 saturated heterocycles. The van der Waals surface area contributed by atoms with Crippen molar-refractivity contribution in [2.45, 2.75) is 65.0 Å². The van der Waals surface area contributed by atoms with Gasteiger partial charge < -0.3 is 24.2 Å². The highest BCUT2D eigenvalue weighted by Gasteiger charge is 2.67. The van der Waals surface area contributed by atoms with E-state index in [1.807, 2.05) is 49.1 Å². The smallest absolute Gasteiger partial charge is 0.311 e. The lowest BCUT2D eigenvalue weighted by atomic mass is 9.66. The zero-order valence-electron chi connectivity index (χ0n) is 23.7. The van der Waals surface area contributed by atoms with Crippen molar-refractivity contribution in [2.75, 3.05) is 32.7 Å². The van der Waals surface area contributed by atoms with Crippen molar-refractivity contribution in [3.05, 3.63) is 35.9 Å². The fraction of sp³-hybridized carbons (Fsp3) is 0.667. The van der Waals surface area contributed by atoms with Gasteiger partial charge >= 0.3 is 17.9 Å². The van der Waals surface area contributed by atoms with E-state index in [1.54, 1.807) is 0 Å². The van der Waals surface area contributed by atoms with Gasteiger partial charge in [-0.15, -0.1) is 0 Å². The number of ether oxygens (including phenoxy) is 3. The van der Waals surface area contributed by atoms with Crippen LogP contribution in [0, 0.1) is 29.1 Å². The molecule has 0 aromatic heterocycles. The average Bonchev–Trinajstić information content (AvgIpc) is 3.31. The van der Waals surface area contributed by atoms with Crippen molar-refractivity contribution < 1.29 is 38.5 Å². The van der Waals surface area contributed by atoms with Crippen molar-refractivity contribution in [3.63, 3.8) is 0 Å². The van der Waals surface area contributed by atoms with Gasteiger partial charge in [-0.05, 0) is 24.5 Å². The molecule has 2 aliphatic heterocycles. The largest absolute Gasteiger partial charge is 0.462 e. The SMILES string of the molecule is CC(=O)OC1CC(O)C2(C)C(OC(C)=O)C3C(CC(C)C12)OC(=O)C3CN1CCN(C(=O)c2ccccc2)CC1. The van der Waals surface area contributed by atoms with Gasteiger partial charge in [-0.1, -0.05) is 32.0 Å². The standard InChI is InChI=1S/C30H40N2O8/c1-17-14-22-25(27(39-19(3)34)30(4)24(35)15-23(26(17)30)38-18(2)33)21(29(37)40-22)16-31-10-12-32(13-11-31)28(36)20-8-6-5-7-9-20/h5-9,17,21-27,35H,10-16H2,1-4H3. The third kappa shape index (κ3) is 5.11. The van der Waals surface area contributed by atoms with Crippen LogP contribution >= 0.6 is 0 Å². The summed E-state index contributed by atoms with van der Waals surface area (Å²) < 4.78 is 17.6. The van der Waals surface area contributed by atoms with Crippen LogP contribution in [0.15, 0.2) is 30.3 Å². The minimum absolute atomic E-state index is 0.00945. The Morgan fingerprint density at radius 2 is 1.68 bits per heavy atom. The van der Waals surface area contributed by atoms with E-state index in [4.69, 9.17) is 14.2 Å². The van der Waals surface area contributed by atoms with Crippen LogP contribution < -0.4 is 0 Å². The second kappa shape index (κ2) is 11.1. The van der Waals surface area contributed by atoms with E-state index >= 15 is 0 Å². The summed E-state index contributed by atoms with van der Waals surface area (Å²) in [4.78, 5) is 54.5. The summed E-state index contributed by atoms with van der Waals surface area (Å²) in [5.74, 6) is -2.59. The number of carbonyl (C=O) groups is 4. The molecule has 1 aromatic carbocycles. The number of hydrogen-bond donors (Lipinski definition) is 1. The molecule has 1 N–H and O–H groups in total. The highest BCUT2D eigenvalue weighted by molar-refractivity contribution is 5.94. The molecule has 4 aliphatic rings. The molecule has 9 unspecified atom stereocenters. The van der Waals surface area contributed by atoms with Crippen molar-refractivity contribution >= 4 is 23.8 Å². The highest BCUT2D eigenvalue weighted by atomic mass is 16.6. The second-order valence-electron chi connectivity index (χ2n) is 12.2. The van der Waals surface area contributed by atoms with Crippen LogP contribution in [0.5, 0.6) is 0 Å². The molecule has 4 fully saturated rings. The lowest BCUT2D eigenvalue weighted by molar-refractivity contribution is -0.174. The lowest BCUT2D eigenvalue weighted by Crippen LogP contribution is -2.55. The molecule has 2 aliphatic carbocycles. The topological polar surface area (TPSA) is 123 Å². The van der Waals surface area contributed by atoms with E-state index in [2.05, 4.69) is 4.90 Å². The van der Waals surface area contributed by atoms with E-state index in [-0.39, 0.29) is 30.1 Å². The summed E-state index contributed by atoms with van der Waals surface area (Å²) in [5.41, 5.74) is -0.280. The quantitative estimate of drug-likeness (QED) is 0.428. The summed E-state index contributed by atoms with van der Waals surface area (Å²) >= 11 is 0. The minimum Gasteiger partial charge on any atom is -0.462 e. The lowest BCUT2D eigenvalue weighted by Gasteiger charge is -2.44. The van der Waals surface area contributed by atoms with Crippen molar-refractivity contribution in [1.82, 2.24) is 9.80 Å². The molecular formula is C30H40N2O8. The Bertz CT molecular complexity index is 1140. The summed E-state index contributed by atoms with van der Waals surface area (Å²) in [6, 6.07) is 9.19. The zero-order valence-corrected chi connectivity index (χ0v) is 23.7. The van der Waals surface area contributed by atoms with Crippen molar-refractivity contribution in [1.29, 1.82) is 0 Å². The van der Waals surface area contributed by atoms with E-state index < -0.39 is 53.6 Å². The van der Waals surface area contributed by atoms with Crippen LogP contribution in [-0.2, 0) is 28.6 Å². The minimum atomic E-state index is -0.933. The number of esters is 3.